The minimum Gasteiger partial charge on any atom is -0.497 e. The second-order valence-corrected chi connectivity index (χ2v) is 7.44. The second-order valence-electron chi connectivity index (χ2n) is 7.44. The highest BCUT2D eigenvalue weighted by Gasteiger charge is 2.34. The molecule has 2 aromatic rings. The highest BCUT2D eigenvalue weighted by molar-refractivity contribution is 5.83. The van der Waals surface area contributed by atoms with Crippen LogP contribution in [0.4, 0.5) is 0 Å². The average molecular weight is 358 g/mol. The van der Waals surface area contributed by atoms with Gasteiger partial charge >= 0.3 is 5.63 Å². The number of hydrogen-bond donors (Lipinski definition) is 1. The molecule has 1 unspecified atom stereocenters. The zero-order valence-electron chi connectivity index (χ0n) is 15.6. The van der Waals surface area contributed by atoms with Gasteiger partial charge < -0.3 is 19.8 Å². The fourth-order valence-electron chi connectivity index (χ4n) is 3.58. The van der Waals surface area contributed by atoms with Gasteiger partial charge in [-0.1, -0.05) is 6.92 Å². The van der Waals surface area contributed by atoms with E-state index in [4.69, 9.17) is 14.9 Å². The number of ether oxygens (including phenoxy) is 1. The Labute approximate surface area is 152 Å². The topological polar surface area (TPSA) is 85.8 Å². The van der Waals surface area contributed by atoms with Crippen LogP contribution in [0, 0.1) is 12.3 Å². The van der Waals surface area contributed by atoms with E-state index in [1.807, 2.05) is 24.0 Å². The van der Waals surface area contributed by atoms with Crippen molar-refractivity contribution in [3.05, 3.63) is 39.7 Å². The number of methoxy groups -OCH3 is 1. The van der Waals surface area contributed by atoms with E-state index < -0.39 is 0 Å². The highest BCUT2D eigenvalue weighted by Crippen LogP contribution is 2.29. The lowest BCUT2D eigenvalue weighted by Gasteiger charge is -2.22. The summed E-state index contributed by atoms with van der Waals surface area (Å²) in [6, 6.07) is 5.42. The summed E-state index contributed by atoms with van der Waals surface area (Å²) in [5, 5.41) is 0.865. The smallest absolute Gasteiger partial charge is 0.339 e. The molecular formula is C20H26N2O4. The summed E-state index contributed by atoms with van der Waals surface area (Å²) in [7, 11) is 1.57. The van der Waals surface area contributed by atoms with Crippen LogP contribution in [0.25, 0.3) is 11.0 Å². The standard InChI is InChI=1S/C20H26N2O4/c1-13-15-5-4-14(25-3)10-17(15)26-19(24)16(13)6-7-18(23)22-9-8-20(2,11-21)12-22/h4-5,10H,6-9,11-12,21H2,1-3H3. The van der Waals surface area contributed by atoms with E-state index in [0.29, 0.717) is 42.8 Å². The first-order valence-electron chi connectivity index (χ1n) is 8.95. The van der Waals surface area contributed by atoms with Crippen LogP contribution in [0.1, 0.15) is 30.9 Å². The molecule has 140 valence electrons. The van der Waals surface area contributed by atoms with Crippen molar-refractivity contribution < 1.29 is 13.9 Å². The molecule has 0 radical (unpaired) electrons. The van der Waals surface area contributed by atoms with E-state index in [2.05, 4.69) is 6.92 Å². The van der Waals surface area contributed by atoms with Crippen molar-refractivity contribution in [1.82, 2.24) is 4.90 Å². The number of amides is 1. The van der Waals surface area contributed by atoms with Crippen LogP contribution < -0.4 is 16.1 Å². The van der Waals surface area contributed by atoms with Gasteiger partial charge in [-0.2, -0.15) is 0 Å². The van der Waals surface area contributed by atoms with Gasteiger partial charge in [0.25, 0.3) is 0 Å². The first kappa shape index (κ1) is 18.5. The maximum Gasteiger partial charge on any atom is 0.339 e. The zero-order valence-corrected chi connectivity index (χ0v) is 15.6. The molecule has 2 heterocycles. The zero-order chi connectivity index (χ0) is 18.9. The number of aryl methyl sites for hydroxylation is 1. The van der Waals surface area contributed by atoms with Gasteiger partial charge in [-0.3, -0.25) is 4.79 Å². The Hall–Kier alpha value is -2.34. The quantitative estimate of drug-likeness (QED) is 0.829. The van der Waals surface area contributed by atoms with Crippen molar-refractivity contribution >= 4 is 16.9 Å². The Bertz CT molecular complexity index is 889. The largest absolute Gasteiger partial charge is 0.497 e. The summed E-state index contributed by atoms with van der Waals surface area (Å²) >= 11 is 0. The van der Waals surface area contributed by atoms with E-state index in [-0.39, 0.29) is 16.9 Å². The second kappa shape index (κ2) is 7.11. The summed E-state index contributed by atoms with van der Waals surface area (Å²) in [5.41, 5.74) is 7.36. The summed E-state index contributed by atoms with van der Waals surface area (Å²) in [4.78, 5) is 26.8. The van der Waals surface area contributed by atoms with Crippen LogP contribution in [0.5, 0.6) is 5.75 Å². The number of carbonyl (C=O) groups is 1. The van der Waals surface area contributed by atoms with Gasteiger partial charge in [-0.15, -0.1) is 0 Å². The first-order chi connectivity index (χ1) is 12.4. The van der Waals surface area contributed by atoms with Gasteiger partial charge in [0.1, 0.15) is 11.3 Å². The molecule has 0 spiro atoms. The molecule has 6 heteroatoms. The third-order valence-corrected chi connectivity index (χ3v) is 5.49. The Morgan fingerprint density at radius 2 is 2.19 bits per heavy atom. The summed E-state index contributed by atoms with van der Waals surface area (Å²) < 4.78 is 10.6. The number of carbonyl (C=O) groups excluding carboxylic acids is 1. The van der Waals surface area contributed by atoms with Crippen LogP contribution in [0.3, 0.4) is 0 Å². The SMILES string of the molecule is COc1ccc2c(C)c(CCC(=O)N3CCC(C)(CN)C3)c(=O)oc2c1. The molecule has 1 aliphatic rings. The minimum atomic E-state index is -0.385. The molecule has 1 atom stereocenters. The number of nitrogens with two attached hydrogens (primary N) is 1. The van der Waals surface area contributed by atoms with Gasteiger partial charge in [-0.25, -0.2) is 4.79 Å². The fraction of sp³-hybridized carbons (Fsp3) is 0.500. The number of likely N-dealkylation sites (tertiary alicyclic amines) is 1. The third-order valence-electron chi connectivity index (χ3n) is 5.49. The van der Waals surface area contributed by atoms with Gasteiger partial charge in [0.15, 0.2) is 0 Å². The highest BCUT2D eigenvalue weighted by atomic mass is 16.5. The van der Waals surface area contributed by atoms with E-state index in [1.54, 1.807) is 13.2 Å². The van der Waals surface area contributed by atoms with Crippen LogP contribution in [-0.2, 0) is 11.2 Å². The van der Waals surface area contributed by atoms with E-state index >= 15 is 0 Å². The third kappa shape index (κ3) is 3.46. The van der Waals surface area contributed by atoms with Crippen molar-refractivity contribution in [2.45, 2.75) is 33.1 Å². The Kier molecular flexibility index (Phi) is 5.05. The molecule has 1 saturated heterocycles. The number of hydrogen-bond acceptors (Lipinski definition) is 5. The van der Waals surface area contributed by atoms with Gasteiger partial charge in [0.05, 0.1) is 7.11 Å². The minimum absolute atomic E-state index is 0.00656. The summed E-state index contributed by atoms with van der Waals surface area (Å²) in [5.74, 6) is 0.704. The number of fused-ring (bicyclic) bond motifs is 1. The van der Waals surface area contributed by atoms with Crippen molar-refractivity contribution in [1.29, 1.82) is 0 Å². The van der Waals surface area contributed by atoms with Crippen molar-refractivity contribution in [3.8, 4) is 5.75 Å². The molecule has 1 aromatic heterocycles. The predicted molar refractivity (Wildman–Crippen MR) is 100 cm³/mol. The molecule has 0 bridgehead atoms. The molecule has 0 saturated carbocycles. The van der Waals surface area contributed by atoms with Crippen molar-refractivity contribution in [2.75, 3.05) is 26.7 Å². The van der Waals surface area contributed by atoms with Crippen LogP contribution in [-0.4, -0.2) is 37.6 Å². The Morgan fingerprint density at radius 1 is 1.42 bits per heavy atom. The Morgan fingerprint density at radius 3 is 2.85 bits per heavy atom. The average Bonchev–Trinajstić information content (AvgIpc) is 3.04. The van der Waals surface area contributed by atoms with Crippen molar-refractivity contribution in [3.63, 3.8) is 0 Å². The molecule has 1 fully saturated rings. The van der Waals surface area contributed by atoms with Crippen LogP contribution in [0.15, 0.2) is 27.4 Å². The Balaban J connectivity index is 1.77. The van der Waals surface area contributed by atoms with Gasteiger partial charge in [-0.05, 0) is 49.4 Å². The van der Waals surface area contributed by atoms with E-state index in [9.17, 15) is 9.59 Å². The van der Waals surface area contributed by atoms with E-state index in [0.717, 1.165) is 23.9 Å². The number of benzene rings is 1. The molecular weight excluding hydrogens is 332 g/mol. The normalized spacial score (nSPS) is 19.9. The molecule has 1 amide bonds. The fourth-order valence-corrected chi connectivity index (χ4v) is 3.58. The molecule has 1 aromatic carbocycles. The first-order valence-corrected chi connectivity index (χ1v) is 8.95. The monoisotopic (exact) mass is 358 g/mol. The number of nitrogens with zero attached hydrogens (tertiary/aromatic N) is 1. The lowest BCUT2D eigenvalue weighted by Crippen LogP contribution is -2.34. The predicted octanol–water partition coefficient (Wildman–Crippen LogP) is 2.24. The van der Waals surface area contributed by atoms with Gasteiger partial charge in [0, 0.05) is 36.5 Å². The van der Waals surface area contributed by atoms with E-state index in [1.165, 1.54) is 0 Å². The maximum absolute atomic E-state index is 12.5. The molecule has 6 nitrogen and oxygen atoms in total. The van der Waals surface area contributed by atoms with Crippen LogP contribution >= 0.6 is 0 Å². The maximum atomic E-state index is 12.5. The summed E-state index contributed by atoms with van der Waals surface area (Å²) in [6.07, 6.45) is 1.60. The number of rotatable bonds is 5. The lowest BCUT2D eigenvalue weighted by molar-refractivity contribution is -0.130. The van der Waals surface area contributed by atoms with Gasteiger partial charge in [0.2, 0.25) is 5.91 Å². The lowest BCUT2D eigenvalue weighted by atomic mass is 9.90. The van der Waals surface area contributed by atoms with Crippen LogP contribution in [0.2, 0.25) is 0 Å². The molecule has 0 aliphatic carbocycles. The molecule has 26 heavy (non-hydrogen) atoms. The molecule has 1 aliphatic heterocycles. The molecule has 2 N–H and O–H groups in total. The van der Waals surface area contributed by atoms with Crippen molar-refractivity contribution in [2.24, 2.45) is 11.1 Å². The molecule has 3 rings (SSSR count). The summed E-state index contributed by atoms with van der Waals surface area (Å²) in [6.45, 7) is 6.00.